The van der Waals surface area contributed by atoms with Gasteiger partial charge in [-0.2, -0.15) is 0 Å². The summed E-state index contributed by atoms with van der Waals surface area (Å²) in [5.74, 6) is 0.0138. The lowest BCUT2D eigenvalue weighted by Gasteiger charge is -2.30. The number of halogens is 1. The summed E-state index contributed by atoms with van der Waals surface area (Å²) in [6, 6.07) is 0.665. The van der Waals surface area contributed by atoms with E-state index in [1.54, 1.807) is 11.5 Å². The molecule has 1 heterocycles. The summed E-state index contributed by atoms with van der Waals surface area (Å²) in [4.78, 5) is 11.4. The molecule has 2 unspecified atom stereocenters. The van der Waals surface area contributed by atoms with Crippen molar-refractivity contribution in [2.45, 2.75) is 31.8 Å². The van der Waals surface area contributed by atoms with Gasteiger partial charge < -0.3 is 10.6 Å². The SMILES string of the molecule is CS/C=C/C(=O)NC1CCCNC1C.Cl. The van der Waals surface area contributed by atoms with Gasteiger partial charge >= 0.3 is 0 Å². The maximum Gasteiger partial charge on any atom is 0.244 e. The van der Waals surface area contributed by atoms with Crippen molar-refractivity contribution in [1.29, 1.82) is 0 Å². The normalized spacial score (nSPS) is 26.0. The molecule has 3 nitrogen and oxygen atoms in total. The molecule has 88 valence electrons. The van der Waals surface area contributed by atoms with Crippen LogP contribution in [0.3, 0.4) is 0 Å². The minimum absolute atomic E-state index is 0. The first-order chi connectivity index (χ1) is 6.74. The van der Waals surface area contributed by atoms with E-state index in [-0.39, 0.29) is 24.4 Å². The van der Waals surface area contributed by atoms with Gasteiger partial charge in [-0.3, -0.25) is 4.79 Å². The van der Waals surface area contributed by atoms with E-state index >= 15 is 0 Å². The number of hydrogen-bond acceptors (Lipinski definition) is 3. The number of rotatable bonds is 3. The van der Waals surface area contributed by atoms with Crippen LogP contribution >= 0.6 is 24.2 Å². The summed E-state index contributed by atoms with van der Waals surface area (Å²) in [5.41, 5.74) is 0. The molecule has 1 aliphatic heterocycles. The van der Waals surface area contributed by atoms with Gasteiger partial charge in [0.25, 0.3) is 0 Å². The van der Waals surface area contributed by atoms with E-state index in [0.717, 1.165) is 19.4 Å². The van der Waals surface area contributed by atoms with Crippen molar-refractivity contribution in [2.24, 2.45) is 0 Å². The molecular formula is C10H19ClN2OS. The molecule has 5 heteroatoms. The molecule has 0 radical (unpaired) electrons. The number of piperidine rings is 1. The van der Waals surface area contributed by atoms with Crippen LogP contribution in [0.15, 0.2) is 11.5 Å². The summed E-state index contributed by atoms with van der Waals surface area (Å²) < 4.78 is 0. The minimum atomic E-state index is 0. The zero-order chi connectivity index (χ0) is 10.4. The van der Waals surface area contributed by atoms with Crippen molar-refractivity contribution in [2.75, 3.05) is 12.8 Å². The van der Waals surface area contributed by atoms with Crippen LogP contribution in [-0.2, 0) is 4.79 Å². The molecule has 0 saturated carbocycles. The van der Waals surface area contributed by atoms with Gasteiger partial charge in [-0.25, -0.2) is 0 Å². The quantitative estimate of drug-likeness (QED) is 0.747. The Morgan fingerprint density at radius 3 is 2.93 bits per heavy atom. The second-order valence-electron chi connectivity index (χ2n) is 3.54. The molecule has 0 bridgehead atoms. The second kappa shape index (κ2) is 8.02. The van der Waals surface area contributed by atoms with Crippen molar-refractivity contribution in [3.05, 3.63) is 11.5 Å². The largest absolute Gasteiger partial charge is 0.348 e. The summed E-state index contributed by atoms with van der Waals surface area (Å²) in [6.07, 6.45) is 5.75. The Kier molecular flexibility index (Phi) is 7.92. The highest BCUT2D eigenvalue weighted by Gasteiger charge is 2.21. The predicted molar refractivity (Wildman–Crippen MR) is 68.5 cm³/mol. The number of thioether (sulfide) groups is 1. The van der Waals surface area contributed by atoms with Gasteiger partial charge in [-0.05, 0) is 38.0 Å². The standard InChI is InChI=1S/C10H18N2OS.ClH/c1-8-9(4-3-6-11-8)12-10(13)5-7-14-2;/h5,7-9,11H,3-4,6H2,1-2H3,(H,12,13);1H/b7-5+;. The smallest absolute Gasteiger partial charge is 0.244 e. The van der Waals surface area contributed by atoms with Crippen LogP contribution in [0.1, 0.15) is 19.8 Å². The number of carbonyl (C=O) groups excluding carboxylic acids is 1. The Balaban J connectivity index is 0.00000196. The number of amides is 1. The highest BCUT2D eigenvalue weighted by atomic mass is 35.5. The Bertz CT molecular complexity index is 223. The van der Waals surface area contributed by atoms with Gasteiger partial charge in [0.15, 0.2) is 0 Å². The van der Waals surface area contributed by atoms with E-state index < -0.39 is 0 Å². The molecule has 1 amide bonds. The molecule has 0 aromatic heterocycles. The summed E-state index contributed by atoms with van der Waals surface area (Å²) in [6.45, 7) is 3.18. The summed E-state index contributed by atoms with van der Waals surface area (Å²) in [7, 11) is 0. The average molecular weight is 251 g/mol. The lowest BCUT2D eigenvalue weighted by molar-refractivity contribution is -0.117. The average Bonchev–Trinajstić information content (AvgIpc) is 2.18. The van der Waals surface area contributed by atoms with E-state index in [2.05, 4.69) is 17.6 Å². The van der Waals surface area contributed by atoms with Crippen LogP contribution < -0.4 is 10.6 Å². The fourth-order valence-electron chi connectivity index (χ4n) is 1.60. The molecule has 1 rings (SSSR count). The third kappa shape index (κ3) is 5.44. The highest BCUT2D eigenvalue weighted by molar-refractivity contribution is 8.01. The van der Waals surface area contributed by atoms with Crippen LogP contribution in [0, 0.1) is 0 Å². The van der Waals surface area contributed by atoms with Gasteiger partial charge in [0.05, 0.1) is 0 Å². The first-order valence-electron chi connectivity index (χ1n) is 4.97. The Morgan fingerprint density at radius 2 is 2.33 bits per heavy atom. The van der Waals surface area contributed by atoms with Gasteiger partial charge in [-0.15, -0.1) is 24.2 Å². The molecule has 15 heavy (non-hydrogen) atoms. The number of nitrogens with one attached hydrogen (secondary N) is 2. The van der Waals surface area contributed by atoms with Crippen LogP contribution in [0.5, 0.6) is 0 Å². The minimum Gasteiger partial charge on any atom is -0.348 e. The maximum atomic E-state index is 11.4. The monoisotopic (exact) mass is 250 g/mol. The zero-order valence-electron chi connectivity index (χ0n) is 9.16. The van der Waals surface area contributed by atoms with Crippen LogP contribution in [0.2, 0.25) is 0 Å². The zero-order valence-corrected chi connectivity index (χ0v) is 10.8. The van der Waals surface area contributed by atoms with Crippen LogP contribution in [0.25, 0.3) is 0 Å². The molecule has 2 atom stereocenters. The molecule has 1 saturated heterocycles. The summed E-state index contributed by atoms with van der Waals surface area (Å²) in [5, 5.41) is 8.15. The van der Waals surface area contributed by atoms with Gasteiger partial charge in [0.1, 0.15) is 0 Å². The van der Waals surface area contributed by atoms with Gasteiger partial charge in [0, 0.05) is 18.2 Å². The van der Waals surface area contributed by atoms with Gasteiger partial charge in [0.2, 0.25) is 5.91 Å². The fraction of sp³-hybridized carbons (Fsp3) is 0.700. The van der Waals surface area contributed by atoms with Crippen molar-refractivity contribution < 1.29 is 4.79 Å². The second-order valence-corrected chi connectivity index (χ2v) is 4.28. The van der Waals surface area contributed by atoms with Crippen LogP contribution in [-0.4, -0.2) is 30.8 Å². The van der Waals surface area contributed by atoms with E-state index in [1.807, 2.05) is 6.26 Å². The van der Waals surface area contributed by atoms with E-state index in [4.69, 9.17) is 0 Å². The fourth-order valence-corrected chi connectivity index (χ4v) is 1.86. The summed E-state index contributed by atoms with van der Waals surface area (Å²) >= 11 is 1.54. The van der Waals surface area contributed by atoms with Crippen molar-refractivity contribution in [3.8, 4) is 0 Å². The predicted octanol–water partition coefficient (Wildman–Crippen LogP) is 1.54. The Hall–Kier alpha value is -0.190. The highest BCUT2D eigenvalue weighted by Crippen LogP contribution is 2.08. The maximum absolute atomic E-state index is 11.4. The molecule has 1 fully saturated rings. The third-order valence-electron chi connectivity index (χ3n) is 2.44. The molecule has 0 aromatic rings. The van der Waals surface area contributed by atoms with E-state index in [9.17, 15) is 4.79 Å². The first kappa shape index (κ1) is 14.8. The van der Waals surface area contributed by atoms with E-state index in [0.29, 0.717) is 6.04 Å². The lowest BCUT2D eigenvalue weighted by atomic mass is 10.00. The molecule has 0 spiro atoms. The van der Waals surface area contributed by atoms with Crippen molar-refractivity contribution in [1.82, 2.24) is 10.6 Å². The van der Waals surface area contributed by atoms with Crippen LogP contribution in [0.4, 0.5) is 0 Å². The Labute approximate surface area is 102 Å². The van der Waals surface area contributed by atoms with E-state index in [1.165, 1.54) is 11.8 Å². The Morgan fingerprint density at radius 1 is 1.60 bits per heavy atom. The van der Waals surface area contributed by atoms with Crippen molar-refractivity contribution >= 4 is 30.1 Å². The third-order valence-corrected chi connectivity index (χ3v) is 2.85. The number of carbonyl (C=O) groups is 1. The number of hydrogen-bond donors (Lipinski definition) is 2. The lowest BCUT2D eigenvalue weighted by Crippen LogP contribution is -2.51. The molecule has 2 N–H and O–H groups in total. The molecular weight excluding hydrogens is 232 g/mol. The van der Waals surface area contributed by atoms with Gasteiger partial charge in [-0.1, -0.05) is 0 Å². The molecule has 1 aliphatic rings. The first-order valence-corrected chi connectivity index (χ1v) is 6.26. The van der Waals surface area contributed by atoms with Crippen molar-refractivity contribution in [3.63, 3.8) is 0 Å². The molecule has 0 aromatic carbocycles. The topological polar surface area (TPSA) is 41.1 Å². The molecule has 0 aliphatic carbocycles.